The van der Waals surface area contributed by atoms with Crippen LogP contribution in [0, 0.1) is 19.8 Å². The van der Waals surface area contributed by atoms with Gasteiger partial charge in [-0.2, -0.15) is 0 Å². The monoisotopic (exact) mass is 300 g/mol. The highest BCUT2D eigenvalue weighted by Gasteiger charge is 2.29. The Morgan fingerprint density at radius 3 is 2.50 bits per heavy atom. The fourth-order valence-corrected chi connectivity index (χ4v) is 3.10. The molecule has 0 aliphatic carbocycles. The number of nitrogens with two attached hydrogens (primary N) is 1. The fraction of sp³-hybridized carbons (Fsp3) is 0.412. The van der Waals surface area contributed by atoms with Gasteiger partial charge in [-0.1, -0.05) is 18.2 Å². The maximum atomic E-state index is 12.7. The highest BCUT2D eigenvalue weighted by Crippen LogP contribution is 2.29. The zero-order chi connectivity index (χ0) is 15.9. The summed E-state index contributed by atoms with van der Waals surface area (Å²) in [4.78, 5) is 25.7. The second kappa shape index (κ2) is 5.48. The molecule has 5 nitrogen and oxygen atoms in total. The van der Waals surface area contributed by atoms with Crippen molar-refractivity contribution in [2.45, 2.75) is 26.7 Å². The van der Waals surface area contributed by atoms with Crippen molar-refractivity contribution >= 4 is 22.8 Å². The van der Waals surface area contributed by atoms with E-state index in [0.29, 0.717) is 31.7 Å². The summed E-state index contributed by atoms with van der Waals surface area (Å²) in [6.45, 7) is 4.97. The molecule has 0 radical (unpaired) electrons. The molecule has 22 heavy (non-hydrogen) atoms. The molecule has 1 saturated heterocycles. The van der Waals surface area contributed by atoms with Crippen LogP contribution in [-0.4, -0.2) is 29.8 Å². The van der Waals surface area contributed by atoms with E-state index in [1.54, 1.807) is 4.90 Å². The van der Waals surface area contributed by atoms with Crippen LogP contribution in [0.3, 0.4) is 0 Å². The summed E-state index contributed by atoms with van der Waals surface area (Å²) in [5.74, 6) is -0.0939. The van der Waals surface area contributed by atoms with Gasteiger partial charge in [0.25, 0.3) is 5.91 Å². The van der Waals surface area contributed by atoms with Crippen LogP contribution in [0.15, 0.2) is 22.6 Å². The topological polar surface area (TPSA) is 76.5 Å². The average Bonchev–Trinajstić information content (AvgIpc) is 2.85. The third-order valence-electron chi connectivity index (χ3n) is 4.54. The van der Waals surface area contributed by atoms with E-state index >= 15 is 0 Å². The third kappa shape index (κ3) is 2.36. The Kier molecular flexibility index (Phi) is 3.64. The molecule has 0 bridgehead atoms. The number of para-hydroxylation sites is 1. The van der Waals surface area contributed by atoms with E-state index < -0.39 is 0 Å². The van der Waals surface area contributed by atoms with Crippen molar-refractivity contribution in [1.29, 1.82) is 0 Å². The van der Waals surface area contributed by atoms with Crippen LogP contribution in [0.2, 0.25) is 0 Å². The number of hydrogen-bond acceptors (Lipinski definition) is 3. The van der Waals surface area contributed by atoms with E-state index in [1.807, 2.05) is 32.0 Å². The second-order valence-electron chi connectivity index (χ2n) is 5.98. The lowest BCUT2D eigenvalue weighted by Crippen LogP contribution is -2.41. The van der Waals surface area contributed by atoms with Gasteiger partial charge in [0, 0.05) is 30.0 Å². The lowest BCUT2D eigenvalue weighted by atomic mass is 9.96. The van der Waals surface area contributed by atoms with Crippen molar-refractivity contribution in [3.63, 3.8) is 0 Å². The lowest BCUT2D eigenvalue weighted by Gasteiger charge is -2.30. The van der Waals surface area contributed by atoms with Gasteiger partial charge in [0.05, 0.1) is 0 Å². The summed E-state index contributed by atoms with van der Waals surface area (Å²) >= 11 is 0. The largest absolute Gasteiger partial charge is 0.450 e. The van der Waals surface area contributed by atoms with Crippen LogP contribution in [0.1, 0.15) is 34.5 Å². The molecule has 2 aromatic rings. The second-order valence-corrected chi connectivity index (χ2v) is 5.98. The molecule has 2 amide bonds. The predicted molar refractivity (Wildman–Crippen MR) is 83.5 cm³/mol. The lowest BCUT2D eigenvalue weighted by molar-refractivity contribution is -0.123. The molecular formula is C17H20N2O3. The summed E-state index contributed by atoms with van der Waals surface area (Å²) in [6.07, 6.45) is 1.25. The number of fused-ring (bicyclic) bond motifs is 1. The minimum Gasteiger partial charge on any atom is -0.450 e. The maximum absolute atomic E-state index is 12.7. The van der Waals surface area contributed by atoms with Gasteiger partial charge in [-0.3, -0.25) is 9.59 Å². The number of furan rings is 1. The molecule has 0 atom stereocenters. The third-order valence-corrected chi connectivity index (χ3v) is 4.54. The van der Waals surface area contributed by atoms with Gasteiger partial charge in [-0.15, -0.1) is 0 Å². The molecule has 0 unspecified atom stereocenters. The zero-order valence-electron chi connectivity index (χ0n) is 12.9. The molecule has 2 heterocycles. The first kappa shape index (κ1) is 14.6. The van der Waals surface area contributed by atoms with Gasteiger partial charge in [-0.05, 0) is 32.3 Å². The van der Waals surface area contributed by atoms with Crippen LogP contribution in [0.5, 0.6) is 0 Å². The molecule has 1 aromatic carbocycles. The van der Waals surface area contributed by atoms with E-state index in [4.69, 9.17) is 10.2 Å². The predicted octanol–water partition coefficient (Wildman–Crippen LogP) is 2.39. The Balaban J connectivity index is 1.86. The summed E-state index contributed by atoms with van der Waals surface area (Å²) in [5.41, 5.74) is 8.00. The normalized spacial score (nSPS) is 16.2. The molecule has 1 aliphatic heterocycles. The average molecular weight is 300 g/mol. The number of rotatable bonds is 2. The minimum absolute atomic E-state index is 0.101. The highest BCUT2D eigenvalue weighted by atomic mass is 16.3. The van der Waals surface area contributed by atoms with Gasteiger partial charge >= 0.3 is 0 Å². The number of nitrogens with zero attached hydrogens (tertiary/aromatic N) is 1. The fourth-order valence-electron chi connectivity index (χ4n) is 3.10. The number of benzene rings is 1. The van der Waals surface area contributed by atoms with Crippen molar-refractivity contribution in [2.75, 3.05) is 13.1 Å². The van der Waals surface area contributed by atoms with Crippen molar-refractivity contribution in [2.24, 2.45) is 11.7 Å². The zero-order valence-corrected chi connectivity index (χ0v) is 12.9. The van der Waals surface area contributed by atoms with Gasteiger partial charge in [0.1, 0.15) is 5.58 Å². The van der Waals surface area contributed by atoms with Crippen molar-refractivity contribution in [1.82, 2.24) is 4.90 Å². The number of piperidine rings is 1. The first-order valence-electron chi connectivity index (χ1n) is 7.56. The van der Waals surface area contributed by atoms with Crippen LogP contribution in [0.4, 0.5) is 0 Å². The molecule has 2 N–H and O–H groups in total. The van der Waals surface area contributed by atoms with Gasteiger partial charge in [-0.25, -0.2) is 0 Å². The van der Waals surface area contributed by atoms with E-state index in [9.17, 15) is 9.59 Å². The Hall–Kier alpha value is -2.30. The molecule has 5 heteroatoms. The van der Waals surface area contributed by atoms with E-state index in [0.717, 1.165) is 22.1 Å². The quantitative estimate of drug-likeness (QED) is 0.925. The Morgan fingerprint density at radius 1 is 1.23 bits per heavy atom. The summed E-state index contributed by atoms with van der Waals surface area (Å²) in [5, 5.41) is 0.982. The standard InChI is InChI=1S/C17H20N2O3/c1-10-4-3-5-13-11(2)15(22-14(10)13)17(21)19-8-6-12(7-9-19)16(18)20/h3-5,12H,6-9H2,1-2H3,(H2,18,20). The smallest absolute Gasteiger partial charge is 0.289 e. The van der Waals surface area contributed by atoms with E-state index in [2.05, 4.69) is 0 Å². The molecule has 1 aromatic heterocycles. The van der Waals surface area contributed by atoms with Crippen LogP contribution in [-0.2, 0) is 4.79 Å². The molecule has 1 fully saturated rings. The summed E-state index contributed by atoms with van der Waals surface area (Å²) < 4.78 is 5.84. The molecular weight excluding hydrogens is 280 g/mol. The number of carbonyl (C=O) groups is 2. The Morgan fingerprint density at radius 2 is 1.91 bits per heavy atom. The highest BCUT2D eigenvalue weighted by molar-refractivity contribution is 5.99. The van der Waals surface area contributed by atoms with E-state index in [1.165, 1.54) is 0 Å². The van der Waals surface area contributed by atoms with Crippen LogP contribution < -0.4 is 5.73 Å². The Labute approximate surface area is 129 Å². The van der Waals surface area contributed by atoms with Crippen LogP contribution >= 0.6 is 0 Å². The van der Waals surface area contributed by atoms with Crippen molar-refractivity contribution < 1.29 is 14.0 Å². The number of carbonyl (C=O) groups excluding carboxylic acids is 2. The Bertz CT molecular complexity index is 740. The van der Waals surface area contributed by atoms with Crippen molar-refractivity contribution in [3.8, 4) is 0 Å². The van der Waals surface area contributed by atoms with E-state index in [-0.39, 0.29) is 17.7 Å². The number of likely N-dealkylation sites (tertiary alicyclic amines) is 1. The first-order valence-corrected chi connectivity index (χ1v) is 7.56. The first-order chi connectivity index (χ1) is 10.5. The number of amides is 2. The van der Waals surface area contributed by atoms with Crippen molar-refractivity contribution in [3.05, 3.63) is 35.1 Å². The van der Waals surface area contributed by atoms with Gasteiger partial charge in [0.2, 0.25) is 5.91 Å². The molecule has 1 aliphatic rings. The molecule has 0 spiro atoms. The van der Waals surface area contributed by atoms with Gasteiger partial charge in [0.15, 0.2) is 5.76 Å². The molecule has 116 valence electrons. The number of hydrogen-bond donors (Lipinski definition) is 1. The van der Waals surface area contributed by atoms with Gasteiger partial charge < -0.3 is 15.1 Å². The molecule has 0 saturated carbocycles. The SMILES string of the molecule is Cc1c(C(=O)N2CCC(C(N)=O)CC2)oc2c(C)cccc12. The minimum atomic E-state index is -0.275. The number of primary amides is 1. The number of aryl methyl sites for hydroxylation is 2. The maximum Gasteiger partial charge on any atom is 0.289 e. The van der Waals surface area contributed by atoms with Crippen LogP contribution in [0.25, 0.3) is 11.0 Å². The summed E-state index contributed by atoms with van der Waals surface area (Å²) in [7, 11) is 0. The summed E-state index contributed by atoms with van der Waals surface area (Å²) in [6, 6.07) is 5.90. The molecule has 3 rings (SSSR count).